The summed E-state index contributed by atoms with van der Waals surface area (Å²) in [6, 6.07) is 23.4. The zero-order valence-corrected chi connectivity index (χ0v) is 18.2. The van der Waals surface area contributed by atoms with Crippen LogP contribution < -0.4 is 10.6 Å². The molecule has 3 rings (SSSR count). The molecule has 3 aromatic rings. The predicted molar refractivity (Wildman–Crippen MR) is 128 cm³/mol. The minimum atomic E-state index is -1.05. The first-order chi connectivity index (χ1) is 16.0. The maximum Gasteiger partial charge on any atom is 0.320 e. The summed E-state index contributed by atoms with van der Waals surface area (Å²) in [5.41, 5.74) is 4.26. The van der Waals surface area contributed by atoms with E-state index in [4.69, 9.17) is 0 Å². The van der Waals surface area contributed by atoms with Gasteiger partial charge in [-0.2, -0.15) is 0 Å². The van der Waals surface area contributed by atoms with Crippen LogP contribution in [0, 0.1) is 0 Å². The number of hydrogen-bond donors (Lipinski definition) is 3. The Bertz CT molecular complexity index is 1110. The second-order valence-corrected chi connectivity index (χ2v) is 7.58. The molecule has 0 radical (unpaired) electrons. The summed E-state index contributed by atoms with van der Waals surface area (Å²) in [5, 5.41) is 14.7. The van der Waals surface area contributed by atoms with Gasteiger partial charge in [-0.1, -0.05) is 79.4 Å². The van der Waals surface area contributed by atoms with Gasteiger partial charge in [0.1, 0.15) is 6.04 Å². The van der Waals surface area contributed by atoms with E-state index >= 15 is 0 Å². The lowest BCUT2D eigenvalue weighted by molar-refractivity contribution is -0.139. The van der Waals surface area contributed by atoms with Gasteiger partial charge in [-0.3, -0.25) is 19.7 Å². The summed E-state index contributed by atoms with van der Waals surface area (Å²) in [6.07, 6.45) is 1.70. The van der Waals surface area contributed by atoms with Crippen LogP contribution >= 0.6 is 0 Å². The lowest BCUT2D eigenvalue weighted by Crippen LogP contribution is -2.38. The molecule has 0 aliphatic rings. The smallest absolute Gasteiger partial charge is 0.320 e. The molecule has 0 aliphatic carbocycles. The van der Waals surface area contributed by atoms with E-state index < -0.39 is 23.8 Å². The molecular weight excluding hydrogens is 416 g/mol. The lowest BCUT2D eigenvalue weighted by Gasteiger charge is -2.14. The molecule has 0 saturated carbocycles. The van der Waals surface area contributed by atoms with E-state index in [1.54, 1.807) is 18.2 Å². The van der Waals surface area contributed by atoms with E-state index in [-0.39, 0.29) is 12.8 Å². The van der Waals surface area contributed by atoms with Crippen molar-refractivity contribution < 1.29 is 19.5 Å². The molecule has 6 nitrogen and oxygen atoms in total. The Balaban J connectivity index is 1.49. The van der Waals surface area contributed by atoms with Crippen molar-refractivity contribution in [2.75, 3.05) is 0 Å². The van der Waals surface area contributed by atoms with Gasteiger partial charge in [0.05, 0.1) is 0 Å². The molecule has 3 aromatic carbocycles. The minimum absolute atomic E-state index is 0.0616. The molecule has 0 aromatic heterocycles. The van der Waals surface area contributed by atoms with Crippen molar-refractivity contribution in [1.82, 2.24) is 10.6 Å². The van der Waals surface area contributed by atoms with Crippen LogP contribution in [0.3, 0.4) is 0 Å². The molecule has 0 fully saturated rings. The molecular formula is C27H26N2O4. The average molecular weight is 443 g/mol. The summed E-state index contributed by atoms with van der Waals surface area (Å²) in [6.45, 7) is 4.05. The fraction of sp³-hybridized carbons (Fsp3) is 0.148. The number of imide groups is 1. The van der Waals surface area contributed by atoms with Crippen LogP contribution in [0.1, 0.15) is 34.3 Å². The standard InChI is InChI=1S/C27H26N2O4/c1-2-19-8-10-20(11-9-19)18-28-24(27(32)33)16-17-25(30)29-26(31)23-14-12-22(13-15-23)21-6-4-3-5-7-21/h2-15,24,28H,1,16-18H2,(H,32,33)(H,29,30,31)/t24-/m0/s1. The van der Waals surface area contributed by atoms with Crippen molar-refractivity contribution in [2.24, 2.45) is 0 Å². The first kappa shape index (κ1) is 23.6. The zero-order valence-electron chi connectivity index (χ0n) is 18.2. The number of carboxylic acid groups (broad SMARTS) is 1. The SMILES string of the molecule is C=Cc1ccc(CN[C@@H](CCC(=O)NC(=O)c2ccc(-c3ccccc3)cc2)C(=O)O)cc1. The van der Waals surface area contributed by atoms with Gasteiger partial charge in [0, 0.05) is 18.5 Å². The Morgan fingerprint density at radius 1 is 0.879 bits per heavy atom. The largest absolute Gasteiger partial charge is 0.480 e. The molecule has 1 atom stereocenters. The highest BCUT2D eigenvalue weighted by molar-refractivity contribution is 6.04. The first-order valence-corrected chi connectivity index (χ1v) is 10.6. The predicted octanol–water partition coefficient (Wildman–Crippen LogP) is 4.28. The van der Waals surface area contributed by atoms with Crippen molar-refractivity contribution in [3.05, 3.63) is 102 Å². The molecule has 0 aliphatic heterocycles. The Morgan fingerprint density at radius 2 is 1.52 bits per heavy atom. The Morgan fingerprint density at radius 3 is 2.12 bits per heavy atom. The monoisotopic (exact) mass is 442 g/mol. The van der Waals surface area contributed by atoms with Crippen molar-refractivity contribution in [3.8, 4) is 11.1 Å². The highest BCUT2D eigenvalue weighted by atomic mass is 16.4. The number of amides is 2. The third-order valence-electron chi connectivity index (χ3n) is 5.23. The summed E-state index contributed by atoms with van der Waals surface area (Å²) >= 11 is 0. The quantitative estimate of drug-likeness (QED) is 0.436. The van der Waals surface area contributed by atoms with Gasteiger partial charge in [0.2, 0.25) is 5.91 Å². The summed E-state index contributed by atoms with van der Waals surface area (Å²) in [7, 11) is 0. The normalized spacial score (nSPS) is 11.4. The number of benzene rings is 3. The van der Waals surface area contributed by atoms with E-state index in [2.05, 4.69) is 17.2 Å². The number of carbonyl (C=O) groups is 3. The second kappa shape index (κ2) is 11.5. The molecule has 0 saturated heterocycles. The van der Waals surface area contributed by atoms with Gasteiger partial charge >= 0.3 is 5.97 Å². The summed E-state index contributed by atoms with van der Waals surface area (Å²) < 4.78 is 0. The highest BCUT2D eigenvalue weighted by Crippen LogP contribution is 2.19. The van der Waals surface area contributed by atoms with Gasteiger partial charge < -0.3 is 10.4 Å². The molecule has 0 spiro atoms. The number of nitrogens with one attached hydrogen (secondary N) is 2. The van der Waals surface area contributed by atoms with Crippen LogP contribution in [0.4, 0.5) is 0 Å². The van der Waals surface area contributed by atoms with Gasteiger partial charge in [-0.15, -0.1) is 0 Å². The van der Waals surface area contributed by atoms with Crippen molar-refractivity contribution in [1.29, 1.82) is 0 Å². The number of aliphatic carboxylic acids is 1. The molecule has 3 N–H and O–H groups in total. The van der Waals surface area contributed by atoms with Crippen LogP contribution in [0.2, 0.25) is 0 Å². The topological polar surface area (TPSA) is 95.5 Å². The highest BCUT2D eigenvalue weighted by Gasteiger charge is 2.19. The zero-order chi connectivity index (χ0) is 23.6. The number of hydrogen-bond acceptors (Lipinski definition) is 4. The molecule has 0 heterocycles. The Kier molecular flexibility index (Phi) is 8.27. The van der Waals surface area contributed by atoms with E-state index in [0.717, 1.165) is 22.3 Å². The van der Waals surface area contributed by atoms with Crippen LogP contribution in [-0.2, 0) is 16.1 Å². The van der Waals surface area contributed by atoms with E-state index in [0.29, 0.717) is 12.1 Å². The maximum atomic E-state index is 12.4. The van der Waals surface area contributed by atoms with Gasteiger partial charge in [0.25, 0.3) is 5.91 Å². The minimum Gasteiger partial charge on any atom is -0.480 e. The molecule has 0 unspecified atom stereocenters. The average Bonchev–Trinajstić information content (AvgIpc) is 2.84. The van der Waals surface area contributed by atoms with E-state index in [1.807, 2.05) is 66.7 Å². The van der Waals surface area contributed by atoms with Crippen LogP contribution in [0.15, 0.2) is 85.4 Å². The van der Waals surface area contributed by atoms with Crippen molar-refractivity contribution >= 4 is 23.9 Å². The Hall–Kier alpha value is -4.03. The third-order valence-corrected chi connectivity index (χ3v) is 5.23. The van der Waals surface area contributed by atoms with Crippen molar-refractivity contribution in [2.45, 2.75) is 25.4 Å². The molecule has 33 heavy (non-hydrogen) atoms. The number of carboxylic acids is 1. The second-order valence-electron chi connectivity index (χ2n) is 7.58. The van der Waals surface area contributed by atoms with Gasteiger partial charge in [0.15, 0.2) is 0 Å². The number of rotatable bonds is 10. The maximum absolute atomic E-state index is 12.4. The van der Waals surface area contributed by atoms with Crippen LogP contribution in [0.25, 0.3) is 17.2 Å². The fourth-order valence-corrected chi connectivity index (χ4v) is 3.31. The fourth-order valence-electron chi connectivity index (χ4n) is 3.31. The molecule has 2 amide bonds. The van der Waals surface area contributed by atoms with Crippen molar-refractivity contribution in [3.63, 3.8) is 0 Å². The first-order valence-electron chi connectivity index (χ1n) is 10.6. The molecule has 6 heteroatoms. The van der Waals surface area contributed by atoms with E-state index in [9.17, 15) is 19.5 Å². The third kappa shape index (κ3) is 6.98. The summed E-state index contributed by atoms with van der Waals surface area (Å²) in [4.78, 5) is 36.2. The van der Waals surface area contributed by atoms with Crippen LogP contribution in [-0.4, -0.2) is 28.9 Å². The molecule has 168 valence electrons. The lowest BCUT2D eigenvalue weighted by atomic mass is 10.0. The Labute approximate surface area is 193 Å². The van der Waals surface area contributed by atoms with Gasteiger partial charge in [-0.25, -0.2) is 0 Å². The number of carbonyl (C=O) groups excluding carboxylic acids is 2. The van der Waals surface area contributed by atoms with Crippen LogP contribution in [0.5, 0.6) is 0 Å². The van der Waals surface area contributed by atoms with Gasteiger partial charge in [-0.05, 0) is 40.8 Å². The van der Waals surface area contributed by atoms with E-state index in [1.165, 1.54) is 0 Å². The molecule has 0 bridgehead atoms. The summed E-state index contributed by atoms with van der Waals surface area (Å²) in [5.74, 6) is -2.08.